The van der Waals surface area contributed by atoms with Gasteiger partial charge < -0.3 is 10.6 Å². The fraction of sp³-hybridized carbons (Fsp3) is 0.400. The standard InChI is InChI=1S/C15H18N2O3S/c1-12-4-5-13(3-2-6-16)11-14(12)15(18)17-7-9-21(19,20)10-8-17/h4-5,11H,6-10,16H2,1H3. The SMILES string of the molecule is Cc1ccc(C#CCN)cc1C(=O)N1CCS(=O)(=O)CC1. The van der Waals surface area contributed by atoms with Crippen LogP contribution in [-0.4, -0.2) is 50.4 Å². The first-order valence-corrected chi connectivity index (χ1v) is 8.54. The predicted octanol–water partition coefficient (Wildman–Crippen LogP) is 0.176. The Morgan fingerprint density at radius 3 is 2.62 bits per heavy atom. The number of carbonyl (C=O) groups is 1. The second-order valence-electron chi connectivity index (χ2n) is 4.98. The molecule has 1 heterocycles. The quantitative estimate of drug-likeness (QED) is 0.750. The smallest absolute Gasteiger partial charge is 0.254 e. The van der Waals surface area contributed by atoms with Crippen LogP contribution in [0.5, 0.6) is 0 Å². The Kier molecular flexibility index (Phi) is 4.66. The van der Waals surface area contributed by atoms with E-state index in [-0.39, 0.29) is 37.0 Å². The minimum Gasteiger partial charge on any atom is -0.337 e. The van der Waals surface area contributed by atoms with Gasteiger partial charge in [0.25, 0.3) is 5.91 Å². The van der Waals surface area contributed by atoms with E-state index in [1.54, 1.807) is 11.0 Å². The van der Waals surface area contributed by atoms with E-state index in [9.17, 15) is 13.2 Å². The van der Waals surface area contributed by atoms with Gasteiger partial charge in [-0.2, -0.15) is 0 Å². The Morgan fingerprint density at radius 2 is 2.00 bits per heavy atom. The molecule has 2 rings (SSSR count). The van der Waals surface area contributed by atoms with E-state index in [4.69, 9.17) is 5.73 Å². The molecule has 1 saturated heterocycles. The number of rotatable bonds is 1. The third-order valence-corrected chi connectivity index (χ3v) is 5.04. The minimum atomic E-state index is -2.99. The van der Waals surface area contributed by atoms with E-state index in [1.807, 2.05) is 19.1 Å². The van der Waals surface area contributed by atoms with Crippen molar-refractivity contribution in [2.75, 3.05) is 31.1 Å². The molecule has 112 valence electrons. The van der Waals surface area contributed by atoms with Gasteiger partial charge in [-0.3, -0.25) is 4.79 Å². The molecular formula is C15H18N2O3S. The number of hydrogen-bond acceptors (Lipinski definition) is 4. The third kappa shape index (κ3) is 3.84. The van der Waals surface area contributed by atoms with Crippen LogP contribution in [0.2, 0.25) is 0 Å². The average Bonchev–Trinajstić information content (AvgIpc) is 2.46. The molecule has 0 aliphatic carbocycles. The summed E-state index contributed by atoms with van der Waals surface area (Å²) in [5.41, 5.74) is 7.50. The van der Waals surface area contributed by atoms with E-state index < -0.39 is 9.84 Å². The second kappa shape index (κ2) is 6.29. The van der Waals surface area contributed by atoms with E-state index >= 15 is 0 Å². The topological polar surface area (TPSA) is 80.5 Å². The molecule has 5 nitrogen and oxygen atoms in total. The van der Waals surface area contributed by atoms with Crippen LogP contribution in [0.25, 0.3) is 0 Å². The summed E-state index contributed by atoms with van der Waals surface area (Å²) < 4.78 is 22.9. The van der Waals surface area contributed by atoms with Crippen molar-refractivity contribution in [2.45, 2.75) is 6.92 Å². The van der Waals surface area contributed by atoms with Gasteiger partial charge in [0.15, 0.2) is 9.84 Å². The Balaban J connectivity index is 2.23. The van der Waals surface area contributed by atoms with Crippen LogP contribution in [0, 0.1) is 18.8 Å². The number of nitrogens with two attached hydrogens (primary N) is 1. The highest BCUT2D eigenvalue weighted by atomic mass is 32.2. The van der Waals surface area contributed by atoms with Gasteiger partial charge >= 0.3 is 0 Å². The molecule has 0 aromatic heterocycles. The van der Waals surface area contributed by atoms with Crippen LogP contribution >= 0.6 is 0 Å². The molecule has 1 amide bonds. The molecule has 0 bridgehead atoms. The number of nitrogens with zero attached hydrogens (tertiary/aromatic N) is 1. The van der Waals surface area contributed by atoms with Crippen molar-refractivity contribution in [3.05, 3.63) is 34.9 Å². The van der Waals surface area contributed by atoms with Crippen molar-refractivity contribution in [2.24, 2.45) is 5.73 Å². The fourth-order valence-corrected chi connectivity index (χ4v) is 3.37. The number of sulfone groups is 1. The molecule has 1 aliphatic heterocycles. The summed E-state index contributed by atoms with van der Waals surface area (Å²) in [5.74, 6) is 5.58. The molecular weight excluding hydrogens is 288 g/mol. The van der Waals surface area contributed by atoms with Crippen LogP contribution in [0.1, 0.15) is 21.5 Å². The van der Waals surface area contributed by atoms with Gasteiger partial charge in [0.05, 0.1) is 18.1 Å². The summed E-state index contributed by atoms with van der Waals surface area (Å²) in [6, 6.07) is 5.42. The van der Waals surface area contributed by atoms with E-state index in [2.05, 4.69) is 11.8 Å². The Morgan fingerprint density at radius 1 is 1.33 bits per heavy atom. The van der Waals surface area contributed by atoms with Gasteiger partial charge in [-0.25, -0.2) is 8.42 Å². The average molecular weight is 306 g/mol. The second-order valence-corrected chi connectivity index (χ2v) is 7.28. The Bertz CT molecular complexity index is 700. The summed E-state index contributed by atoms with van der Waals surface area (Å²) >= 11 is 0. The number of amides is 1. The molecule has 21 heavy (non-hydrogen) atoms. The van der Waals surface area contributed by atoms with Crippen molar-refractivity contribution in [3.63, 3.8) is 0 Å². The molecule has 1 fully saturated rings. The first-order chi connectivity index (χ1) is 9.93. The largest absolute Gasteiger partial charge is 0.337 e. The first kappa shape index (κ1) is 15.5. The normalized spacial score (nSPS) is 17.0. The van der Waals surface area contributed by atoms with Gasteiger partial charge in [-0.15, -0.1) is 0 Å². The van der Waals surface area contributed by atoms with Gasteiger partial charge in [-0.05, 0) is 24.6 Å². The van der Waals surface area contributed by atoms with Crippen molar-refractivity contribution < 1.29 is 13.2 Å². The molecule has 0 spiro atoms. The lowest BCUT2D eigenvalue weighted by molar-refractivity contribution is 0.0769. The van der Waals surface area contributed by atoms with Crippen molar-refractivity contribution >= 4 is 15.7 Å². The minimum absolute atomic E-state index is 0.0322. The van der Waals surface area contributed by atoms with Gasteiger partial charge in [0, 0.05) is 24.2 Å². The molecule has 1 aromatic rings. The van der Waals surface area contributed by atoms with Crippen LogP contribution in [0.3, 0.4) is 0 Å². The van der Waals surface area contributed by atoms with E-state index in [0.29, 0.717) is 5.56 Å². The molecule has 0 unspecified atom stereocenters. The van der Waals surface area contributed by atoms with Crippen molar-refractivity contribution in [1.29, 1.82) is 0 Å². The highest BCUT2D eigenvalue weighted by Gasteiger charge is 2.26. The maximum absolute atomic E-state index is 12.5. The molecule has 0 saturated carbocycles. The molecule has 1 aliphatic rings. The lowest BCUT2D eigenvalue weighted by Gasteiger charge is -2.27. The van der Waals surface area contributed by atoms with Crippen molar-refractivity contribution in [3.8, 4) is 11.8 Å². The number of aryl methyl sites for hydroxylation is 1. The zero-order chi connectivity index (χ0) is 15.5. The van der Waals surface area contributed by atoms with E-state index in [1.165, 1.54) is 0 Å². The molecule has 2 N–H and O–H groups in total. The fourth-order valence-electron chi connectivity index (χ4n) is 2.17. The third-order valence-electron chi connectivity index (χ3n) is 3.43. The molecule has 6 heteroatoms. The van der Waals surface area contributed by atoms with Crippen LogP contribution in [0.4, 0.5) is 0 Å². The first-order valence-electron chi connectivity index (χ1n) is 6.72. The highest BCUT2D eigenvalue weighted by Crippen LogP contribution is 2.15. The van der Waals surface area contributed by atoms with Gasteiger partial charge in [0.1, 0.15) is 0 Å². The number of benzene rings is 1. The summed E-state index contributed by atoms with van der Waals surface area (Å²) in [7, 11) is -2.99. The van der Waals surface area contributed by atoms with Gasteiger partial charge in [-0.1, -0.05) is 17.9 Å². The maximum Gasteiger partial charge on any atom is 0.254 e. The highest BCUT2D eigenvalue weighted by molar-refractivity contribution is 7.91. The summed E-state index contributed by atoms with van der Waals surface area (Å²) in [6.45, 7) is 2.62. The zero-order valence-electron chi connectivity index (χ0n) is 11.9. The van der Waals surface area contributed by atoms with E-state index in [0.717, 1.165) is 11.1 Å². The Labute approximate surface area is 125 Å². The summed E-state index contributed by atoms with van der Waals surface area (Å²) in [4.78, 5) is 14.1. The van der Waals surface area contributed by atoms with Crippen LogP contribution in [-0.2, 0) is 9.84 Å². The molecule has 0 atom stereocenters. The maximum atomic E-state index is 12.5. The van der Waals surface area contributed by atoms with Crippen molar-refractivity contribution in [1.82, 2.24) is 4.90 Å². The molecule has 1 aromatic carbocycles. The summed E-state index contributed by atoms with van der Waals surface area (Å²) in [5, 5.41) is 0. The summed E-state index contributed by atoms with van der Waals surface area (Å²) in [6.07, 6.45) is 0. The zero-order valence-corrected chi connectivity index (χ0v) is 12.7. The lowest BCUT2D eigenvalue weighted by Crippen LogP contribution is -2.43. The van der Waals surface area contributed by atoms with Gasteiger partial charge in [0.2, 0.25) is 0 Å². The Hall–Kier alpha value is -1.84. The van der Waals surface area contributed by atoms with Crippen LogP contribution in [0.15, 0.2) is 18.2 Å². The predicted molar refractivity (Wildman–Crippen MR) is 81.7 cm³/mol. The number of carbonyl (C=O) groups excluding carboxylic acids is 1. The van der Waals surface area contributed by atoms with Crippen LogP contribution < -0.4 is 5.73 Å². The monoisotopic (exact) mass is 306 g/mol. The number of hydrogen-bond donors (Lipinski definition) is 1. The lowest BCUT2D eigenvalue weighted by atomic mass is 10.0. The molecule has 0 radical (unpaired) electrons.